The molecule has 1 aromatic heterocycles. The molecule has 3 rings (SSSR count). The molecule has 0 bridgehead atoms. The van der Waals surface area contributed by atoms with Crippen LogP contribution in [0, 0.1) is 0 Å². The Balaban J connectivity index is 2.11. The van der Waals surface area contributed by atoms with Crippen molar-refractivity contribution in [3.8, 4) is 0 Å². The lowest BCUT2D eigenvalue weighted by molar-refractivity contribution is -0.0933. The topological polar surface area (TPSA) is 61.9 Å². The summed E-state index contributed by atoms with van der Waals surface area (Å²) in [6.07, 6.45) is 0.317. The van der Waals surface area contributed by atoms with Crippen LogP contribution in [-0.4, -0.2) is 21.4 Å². The number of alkyl halides is 3. The number of hydrogen-bond donors (Lipinski definition) is 1. The molecule has 0 amide bonds. The van der Waals surface area contributed by atoms with E-state index < -0.39 is 11.9 Å². The van der Waals surface area contributed by atoms with Crippen LogP contribution in [0.4, 0.5) is 13.2 Å². The smallest absolute Gasteiger partial charge is 0.418 e. The number of oxazole rings is 1. The SMILES string of the molecule is ON1C=CC(=c2nc3c(o2)=NC(C(F)(F)F)=CC3)C(Cl)=C1. The molecular formula is C12H7ClF3N3O2. The van der Waals surface area contributed by atoms with Crippen LogP contribution in [0.3, 0.4) is 0 Å². The average Bonchev–Trinajstić information content (AvgIpc) is 2.79. The molecule has 110 valence electrons. The predicted molar refractivity (Wildman–Crippen MR) is 65.2 cm³/mol. The van der Waals surface area contributed by atoms with Crippen molar-refractivity contribution in [2.45, 2.75) is 12.6 Å². The van der Waals surface area contributed by atoms with Gasteiger partial charge in [0.25, 0.3) is 0 Å². The van der Waals surface area contributed by atoms with Crippen LogP contribution in [0.2, 0.25) is 0 Å². The van der Waals surface area contributed by atoms with Crippen LogP contribution in [0.1, 0.15) is 5.69 Å². The Kier molecular flexibility index (Phi) is 3.14. The molecule has 3 heterocycles. The molecule has 0 unspecified atom stereocenters. The van der Waals surface area contributed by atoms with Crippen LogP contribution >= 0.6 is 11.6 Å². The fraction of sp³-hybridized carbons (Fsp3) is 0.167. The van der Waals surface area contributed by atoms with Gasteiger partial charge in [0.1, 0.15) is 11.4 Å². The molecule has 2 aliphatic heterocycles. The third-order valence-corrected chi connectivity index (χ3v) is 3.11. The van der Waals surface area contributed by atoms with E-state index in [1.807, 2.05) is 0 Å². The Morgan fingerprint density at radius 1 is 1.38 bits per heavy atom. The summed E-state index contributed by atoms with van der Waals surface area (Å²) >= 11 is 5.92. The third-order valence-electron chi connectivity index (χ3n) is 2.81. The molecule has 0 radical (unpaired) electrons. The predicted octanol–water partition coefficient (Wildman–Crippen LogP) is 1.75. The van der Waals surface area contributed by atoms with E-state index in [4.69, 9.17) is 16.0 Å². The Labute approximate surface area is 120 Å². The maximum Gasteiger partial charge on any atom is 0.433 e. The van der Waals surface area contributed by atoms with Crippen LogP contribution < -0.4 is 11.1 Å². The fourth-order valence-corrected chi connectivity index (χ4v) is 2.08. The second-order valence-electron chi connectivity index (χ2n) is 4.26. The highest BCUT2D eigenvalue weighted by atomic mass is 35.5. The standard InChI is InChI=1S/C12H7ClF3N3O2/c13-7-5-19(20)4-3-6(7)10-17-8-1-2-9(12(14,15)16)18-11(8)21-10/h2-5,20H,1H2. The van der Waals surface area contributed by atoms with Crippen molar-refractivity contribution in [3.05, 3.63) is 52.1 Å². The van der Waals surface area contributed by atoms with E-state index in [-0.39, 0.29) is 22.6 Å². The number of rotatable bonds is 0. The number of nitrogens with zero attached hydrogens (tertiary/aromatic N) is 3. The van der Waals surface area contributed by atoms with E-state index >= 15 is 0 Å². The molecule has 21 heavy (non-hydrogen) atoms. The Morgan fingerprint density at radius 2 is 2.14 bits per heavy atom. The molecule has 0 spiro atoms. The average molecular weight is 318 g/mol. The van der Waals surface area contributed by atoms with Gasteiger partial charge < -0.3 is 4.42 Å². The van der Waals surface area contributed by atoms with Gasteiger partial charge in [0, 0.05) is 12.6 Å². The van der Waals surface area contributed by atoms with Gasteiger partial charge in [0.15, 0.2) is 0 Å². The zero-order chi connectivity index (χ0) is 15.2. The van der Waals surface area contributed by atoms with Crippen LogP contribution in [0.15, 0.2) is 44.7 Å². The fourth-order valence-electron chi connectivity index (χ4n) is 1.84. The molecule has 0 aromatic carbocycles. The number of fused-ring (bicyclic) bond motifs is 1. The van der Waals surface area contributed by atoms with E-state index in [1.54, 1.807) is 0 Å². The van der Waals surface area contributed by atoms with E-state index in [0.29, 0.717) is 11.3 Å². The van der Waals surface area contributed by atoms with E-state index in [1.165, 1.54) is 18.5 Å². The van der Waals surface area contributed by atoms with Gasteiger partial charge in [-0.05, 0) is 12.2 Å². The summed E-state index contributed by atoms with van der Waals surface area (Å²) in [5, 5.41) is 10.1. The monoisotopic (exact) mass is 317 g/mol. The molecule has 0 fully saturated rings. The second kappa shape index (κ2) is 4.74. The number of halogens is 4. The lowest BCUT2D eigenvalue weighted by Crippen LogP contribution is -2.18. The number of allylic oxidation sites excluding steroid dienone is 4. The summed E-state index contributed by atoms with van der Waals surface area (Å²) in [6.45, 7) is 0. The second-order valence-corrected chi connectivity index (χ2v) is 4.67. The van der Waals surface area contributed by atoms with Gasteiger partial charge in [-0.3, -0.25) is 5.21 Å². The largest absolute Gasteiger partial charge is 0.433 e. The normalized spacial score (nSPS) is 20.7. The van der Waals surface area contributed by atoms with Gasteiger partial charge in [0.2, 0.25) is 11.1 Å². The molecule has 0 atom stereocenters. The maximum absolute atomic E-state index is 12.6. The molecule has 0 aliphatic carbocycles. The van der Waals surface area contributed by atoms with Crippen molar-refractivity contribution in [2.24, 2.45) is 4.99 Å². The maximum atomic E-state index is 12.6. The summed E-state index contributed by atoms with van der Waals surface area (Å²) < 4.78 is 43.0. The highest BCUT2D eigenvalue weighted by Gasteiger charge is 2.35. The van der Waals surface area contributed by atoms with E-state index in [9.17, 15) is 18.4 Å². The molecule has 0 saturated heterocycles. The summed E-state index contributed by atoms with van der Waals surface area (Å²) in [5.74, 6) is 0. The number of hydrogen-bond acceptors (Lipinski definition) is 5. The van der Waals surface area contributed by atoms with Crippen LogP contribution in [0.5, 0.6) is 0 Å². The van der Waals surface area contributed by atoms with Crippen molar-refractivity contribution >= 4 is 17.2 Å². The zero-order valence-electron chi connectivity index (χ0n) is 10.2. The summed E-state index contributed by atoms with van der Waals surface area (Å²) in [5.41, 5.74) is -0.497. The first kappa shape index (κ1) is 13.9. The Bertz CT molecular complexity index is 805. The minimum absolute atomic E-state index is 0.0262. The van der Waals surface area contributed by atoms with Crippen molar-refractivity contribution in [3.63, 3.8) is 0 Å². The van der Waals surface area contributed by atoms with Crippen molar-refractivity contribution in [2.75, 3.05) is 0 Å². The van der Waals surface area contributed by atoms with Gasteiger partial charge in [-0.15, -0.1) is 0 Å². The quantitative estimate of drug-likeness (QED) is 0.792. The van der Waals surface area contributed by atoms with Crippen LogP contribution in [0.25, 0.3) is 5.57 Å². The van der Waals surface area contributed by atoms with Gasteiger partial charge >= 0.3 is 6.18 Å². The lowest BCUT2D eigenvalue weighted by atomic mass is 10.2. The van der Waals surface area contributed by atoms with Crippen molar-refractivity contribution in [1.29, 1.82) is 0 Å². The van der Waals surface area contributed by atoms with E-state index in [0.717, 1.165) is 11.1 Å². The van der Waals surface area contributed by atoms with Gasteiger partial charge in [-0.2, -0.15) is 13.2 Å². The molecule has 2 aliphatic rings. The first-order valence-electron chi connectivity index (χ1n) is 5.74. The molecule has 0 saturated carbocycles. The molecule has 5 nitrogen and oxygen atoms in total. The number of hydroxylamine groups is 2. The minimum Gasteiger partial charge on any atom is -0.418 e. The minimum atomic E-state index is -4.53. The van der Waals surface area contributed by atoms with Gasteiger partial charge in [-0.1, -0.05) is 11.6 Å². The third kappa shape index (κ3) is 2.59. The van der Waals surface area contributed by atoms with E-state index in [2.05, 4.69) is 9.98 Å². The lowest BCUT2D eigenvalue weighted by Gasteiger charge is -2.11. The summed E-state index contributed by atoms with van der Waals surface area (Å²) in [7, 11) is 0. The highest BCUT2D eigenvalue weighted by molar-refractivity contribution is 6.36. The summed E-state index contributed by atoms with van der Waals surface area (Å²) in [4.78, 5) is 7.50. The molecule has 9 heteroatoms. The first-order valence-corrected chi connectivity index (χ1v) is 6.11. The molecule has 1 N–H and O–H groups in total. The van der Waals surface area contributed by atoms with Crippen molar-refractivity contribution in [1.82, 2.24) is 10.0 Å². The first-order chi connectivity index (χ1) is 9.84. The highest BCUT2D eigenvalue weighted by Crippen LogP contribution is 2.27. The molecular weight excluding hydrogens is 311 g/mol. The Morgan fingerprint density at radius 3 is 2.81 bits per heavy atom. The van der Waals surface area contributed by atoms with Crippen LogP contribution in [-0.2, 0) is 6.42 Å². The van der Waals surface area contributed by atoms with Gasteiger partial charge in [0.05, 0.1) is 16.8 Å². The molecule has 1 aromatic rings. The summed E-state index contributed by atoms with van der Waals surface area (Å²) in [6, 6.07) is 0. The van der Waals surface area contributed by atoms with Gasteiger partial charge in [-0.25, -0.2) is 15.0 Å². The zero-order valence-corrected chi connectivity index (χ0v) is 11.0. The van der Waals surface area contributed by atoms with Crippen molar-refractivity contribution < 1.29 is 22.8 Å². The number of aromatic nitrogens is 1. The Hall–Kier alpha value is -2.06.